The molecule has 112 valence electrons. The molecular weight excluding hydrogens is 394 g/mol. The number of nitrogens with one attached hydrogen (secondary N) is 1. The van der Waals surface area contributed by atoms with Crippen molar-refractivity contribution in [2.24, 2.45) is 0 Å². The molecule has 1 N–H and O–H groups in total. The Hall–Kier alpha value is -0.940. The highest BCUT2D eigenvalue weighted by molar-refractivity contribution is 9.11. The lowest BCUT2D eigenvalue weighted by Gasteiger charge is -2.12. The molecule has 0 unspecified atom stereocenters. The second kappa shape index (κ2) is 7.90. The minimum Gasteiger partial charge on any atom is -0.369 e. The van der Waals surface area contributed by atoms with Crippen LogP contribution in [0.3, 0.4) is 0 Å². The third kappa shape index (κ3) is 4.51. The first kappa shape index (κ1) is 16.4. The van der Waals surface area contributed by atoms with E-state index in [9.17, 15) is 0 Å². The number of anilines is 1. The summed E-state index contributed by atoms with van der Waals surface area (Å²) in [6, 6.07) is 8.29. The Morgan fingerprint density at radius 3 is 2.38 bits per heavy atom. The van der Waals surface area contributed by atoms with Crippen LogP contribution < -0.4 is 5.32 Å². The van der Waals surface area contributed by atoms with Crippen molar-refractivity contribution in [1.82, 2.24) is 9.97 Å². The zero-order valence-electron chi connectivity index (χ0n) is 12.3. The number of hydrogen-bond acceptors (Lipinski definition) is 3. The Balaban J connectivity index is 2.31. The second-order valence-corrected chi connectivity index (χ2v) is 6.54. The van der Waals surface area contributed by atoms with Gasteiger partial charge in [-0.1, -0.05) is 41.4 Å². The molecule has 1 heterocycles. The maximum Gasteiger partial charge on any atom is 0.144 e. The van der Waals surface area contributed by atoms with Gasteiger partial charge in [0.05, 0.1) is 10.2 Å². The van der Waals surface area contributed by atoms with Gasteiger partial charge >= 0.3 is 0 Å². The van der Waals surface area contributed by atoms with Crippen molar-refractivity contribution in [2.45, 2.75) is 33.1 Å². The Bertz CT molecular complexity index is 570. The van der Waals surface area contributed by atoms with Crippen LogP contribution in [-0.4, -0.2) is 16.5 Å². The highest BCUT2D eigenvalue weighted by Crippen LogP contribution is 2.25. The van der Waals surface area contributed by atoms with Crippen LogP contribution in [0.15, 0.2) is 33.2 Å². The normalized spacial score (nSPS) is 10.7. The number of aromatic nitrogens is 2. The molecule has 2 aromatic rings. The summed E-state index contributed by atoms with van der Waals surface area (Å²) in [5.41, 5.74) is 2.29. The number of halogens is 2. The standard InChI is InChI=1S/C16H19Br2N3/c1-3-5-13-15(18)16(19-4-2)21-14(20-13)10-11-6-8-12(17)9-7-11/h6-9H,3-5,10H2,1-2H3,(H,19,20,21). The first-order chi connectivity index (χ1) is 10.1. The minimum absolute atomic E-state index is 0.746. The summed E-state index contributed by atoms with van der Waals surface area (Å²) in [6.07, 6.45) is 2.77. The van der Waals surface area contributed by atoms with Crippen molar-refractivity contribution in [3.8, 4) is 0 Å². The zero-order valence-corrected chi connectivity index (χ0v) is 15.5. The van der Waals surface area contributed by atoms with Crippen LogP contribution in [0.4, 0.5) is 5.82 Å². The van der Waals surface area contributed by atoms with Gasteiger partial charge < -0.3 is 5.32 Å². The summed E-state index contributed by atoms with van der Waals surface area (Å²) in [6.45, 7) is 5.08. The van der Waals surface area contributed by atoms with Gasteiger partial charge in [0.1, 0.15) is 11.6 Å². The summed E-state index contributed by atoms with van der Waals surface area (Å²) in [5.74, 6) is 1.75. The summed E-state index contributed by atoms with van der Waals surface area (Å²) in [7, 11) is 0. The molecule has 5 heteroatoms. The van der Waals surface area contributed by atoms with Crippen molar-refractivity contribution in [2.75, 3.05) is 11.9 Å². The molecule has 0 atom stereocenters. The van der Waals surface area contributed by atoms with E-state index < -0.39 is 0 Å². The lowest BCUT2D eigenvalue weighted by atomic mass is 10.1. The molecule has 0 amide bonds. The summed E-state index contributed by atoms with van der Waals surface area (Å²) in [5, 5.41) is 3.30. The molecule has 0 aliphatic heterocycles. The van der Waals surface area contributed by atoms with Crippen molar-refractivity contribution >= 4 is 37.7 Å². The van der Waals surface area contributed by atoms with E-state index in [4.69, 9.17) is 4.98 Å². The maximum absolute atomic E-state index is 4.71. The molecule has 0 aliphatic rings. The van der Waals surface area contributed by atoms with Crippen molar-refractivity contribution < 1.29 is 0 Å². The summed E-state index contributed by atoms with van der Waals surface area (Å²) in [4.78, 5) is 9.35. The van der Waals surface area contributed by atoms with Crippen LogP contribution in [0, 0.1) is 0 Å². The average molecular weight is 413 g/mol. The first-order valence-electron chi connectivity index (χ1n) is 7.17. The fraction of sp³-hybridized carbons (Fsp3) is 0.375. The molecule has 2 rings (SSSR count). The highest BCUT2D eigenvalue weighted by atomic mass is 79.9. The molecule has 0 bridgehead atoms. The molecule has 0 aliphatic carbocycles. The zero-order chi connectivity index (χ0) is 15.2. The monoisotopic (exact) mass is 411 g/mol. The van der Waals surface area contributed by atoms with Gasteiger partial charge in [0, 0.05) is 17.4 Å². The van der Waals surface area contributed by atoms with E-state index in [0.29, 0.717) is 0 Å². The van der Waals surface area contributed by atoms with Crippen LogP contribution in [-0.2, 0) is 12.8 Å². The molecule has 0 saturated heterocycles. The largest absolute Gasteiger partial charge is 0.369 e. The van der Waals surface area contributed by atoms with E-state index in [1.165, 1.54) is 5.56 Å². The van der Waals surface area contributed by atoms with Gasteiger partial charge in [-0.25, -0.2) is 9.97 Å². The van der Waals surface area contributed by atoms with Crippen LogP contribution in [0.2, 0.25) is 0 Å². The topological polar surface area (TPSA) is 37.8 Å². The Morgan fingerprint density at radius 2 is 1.76 bits per heavy atom. The van der Waals surface area contributed by atoms with Crippen molar-refractivity contribution in [1.29, 1.82) is 0 Å². The number of benzene rings is 1. The predicted octanol–water partition coefficient (Wildman–Crippen LogP) is 4.98. The Morgan fingerprint density at radius 1 is 1.05 bits per heavy atom. The van der Waals surface area contributed by atoms with Gasteiger partial charge in [0.15, 0.2) is 0 Å². The van der Waals surface area contributed by atoms with Gasteiger partial charge in [0.2, 0.25) is 0 Å². The van der Waals surface area contributed by atoms with E-state index in [-0.39, 0.29) is 0 Å². The quantitative estimate of drug-likeness (QED) is 0.727. The van der Waals surface area contributed by atoms with Crippen LogP contribution in [0.5, 0.6) is 0 Å². The van der Waals surface area contributed by atoms with Crippen LogP contribution in [0.1, 0.15) is 37.4 Å². The SMILES string of the molecule is CCCc1nc(Cc2ccc(Br)cc2)nc(NCC)c1Br. The number of hydrogen-bond donors (Lipinski definition) is 1. The minimum atomic E-state index is 0.746. The summed E-state index contributed by atoms with van der Waals surface area (Å²) >= 11 is 7.08. The van der Waals surface area contributed by atoms with Gasteiger partial charge in [-0.15, -0.1) is 0 Å². The van der Waals surface area contributed by atoms with Crippen molar-refractivity contribution in [3.05, 3.63) is 50.3 Å². The fourth-order valence-corrected chi connectivity index (χ4v) is 2.88. The molecule has 1 aromatic heterocycles. The number of aryl methyl sites for hydroxylation is 1. The average Bonchev–Trinajstić information content (AvgIpc) is 2.47. The smallest absolute Gasteiger partial charge is 0.144 e. The van der Waals surface area contributed by atoms with E-state index in [1.54, 1.807) is 0 Å². The van der Waals surface area contributed by atoms with Gasteiger partial charge in [0.25, 0.3) is 0 Å². The van der Waals surface area contributed by atoms with E-state index in [2.05, 4.69) is 68.1 Å². The fourth-order valence-electron chi connectivity index (χ4n) is 2.10. The van der Waals surface area contributed by atoms with Crippen molar-refractivity contribution in [3.63, 3.8) is 0 Å². The maximum atomic E-state index is 4.71. The van der Waals surface area contributed by atoms with E-state index in [0.717, 1.165) is 52.1 Å². The molecular formula is C16H19Br2N3. The molecule has 0 saturated carbocycles. The third-order valence-electron chi connectivity index (χ3n) is 3.07. The number of nitrogens with zero attached hydrogens (tertiary/aromatic N) is 2. The molecule has 0 fully saturated rings. The lowest BCUT2D eigenvalue weighted by molar-refractivity contribution is 0.833. The third-order valence-corrected chi connectivity index (χ3v) is 4.43. The van der Waals surface area contributed by atoms with Crippen LogP contribution >= 0.6 is 31.9 Å². The Kier molecular flexibility index (Phi) is 6.18. The van der Waals surface area contributed by atoms with E-state index in [1.807, 2.05) is 12.1 Å². The van der Waals surface area contributed by atoms with Gasteiger partial charge in [-0.05, 0) is 47.0 Å². The molecule has 0 radical (unpaired) electrons. The lowest BCUT2D eigenvalue weighted by Crippen LogP contribution is -2.08. The molecule has 21 heavy (non-hydrogen) atoms. The van der Waals surface area contributed by atoms with Gasteiger partial charge in [-0.3, -0.25) is 0 Å². The highest BCUT2D eigenvalue weighted by Gasteiger charge is 2.11. The summed E-state index contributed by atoms with van der Waals surface area (Å²) < 4.78 is 2.08. The molecule has 1 aromatic carbocycles. The molecule has 3 nitrogen and oxygen atoms in total. The van der Waals surface area contributed by atoms with Crippen LogP contribution in [0.25, 0.3) is 0 Å². The molecule has 0 spiro atoms. The second-order valence-electron chi connectivity index (χ2n) is 4.83. The number of rotatable bonds is 6. The van der Waals surface area contributed by atoms with Gasteiger partial charge in [-0.2, -0.15) is 0 Å². The predicted molar refractivity (Wildman–Crippen MR) is 94.8 cm³/mol. The first-order valence-corrected chi connectivity index (χ1v) is 8.76. The van der Waals surface area contributed by atoms with E-state index >= 15 is 0 Å². The Labute approximate surface area is 142 Å².